The van der Waals surface area contributed by atoms with Gasteiger partial charge in [-0.25, -0.2) is 9.97 Å². The molecule has 4 rings (SSSR count). The molecule has 0 aliphatic carbocycles. The number of rotatable bonds is 5. The summed E-state index contributed by atoms with van der Waals surface area (Å²) in [7, 11) is 1.95. The van der Waals surface area contributed by atoms with E-state index in [1.54, 1.807) is 6.20 Å². The number of fused-ring (bicyclic) bond motifs is 1. The summed E-state index contributed by atoms with van der Waals surface area (Å²) in [6.07, 6.45) is 10.6. The molecular weight excluding hydrogens is 316 g/mol. The number of aromatic nitrogens is 5. The minimum absolute atomic E-state index is 0.308. The lowest BCUT2D eigenvalue weighted by atomic mass is 10.1. The van der Waals surface area contributed by atoms with E-state index in [4.69, 9.17) is 4.74 Å². The van der Waals surface area contributed by atoms with E-state index in [2.05, 4.69) is 30.7 Å². The van der Waals surface area contributed by atoms with E-state index in [1.807, 2.05) is 48.6 Å². The topological polar surface area (TPSA) is 61.0 Å². The highest BCUT2D eigenvalue weighted by Gasteiger charge is 2.25. The summed E-state index contributed by atoms with van der Waals surface area (Å²) < 4.78 is 10.0. The molecule has 1 aliphatic rings. The molecule has 0 N–H and O–H groups in total. The second kappa shape index (κ2) is 7.06. The van der Waals surface area contributed by atoms with Crippen molar-refractivity contribution in [1.82, 2.24) is 29.2 Å². The van der Waals surface area contributed by atoms with E-state index in [0.29, 0.717) is 18.5 Å². The van der Waals surface area contributed by atoms with Gasteiger partial charge in [0.15, 0.2) is 0 Å². The van der Waals surface area contributed by atoms with Gasteiger partial charge in [-0.3, -0.25) is 9.58 Å². The zero-order chi connectivity index (χ0) is 17.1. The van der Waals surface area contributed by atoms with Crippen LogP contribution in [0.1, 0.15) is 17.7 Å². The molecule has 0 saturated heterocycles. The van der Waals surface area contributed by atoms with Gasteiger partial charge in [-0.15, -0.1) is 0 Å². The predicted molar refractivity (Wildman–Crippen MR) is 92.8 cm³/mol. The molecule has 130 valence electrons. The lowest BCUT2D eigenvalue weighted by Crippen LogP contribution is -2.38. The van der Waals surface area contributed by atoms with E-state index in [0.717, 1.165) is 26.1 Å². The second-order valence-electron chi connectivity index (χ2n) is 6.43. The van der Waals surface area contributed by atoms with Gasteiger partial charge in [-0.2, -0.15) is 5.10 Å². The molecular formula is C18H22N6O. The molecule has 4 heterocycles. The van der Waals surface area contributed by atoms with Crippen molar-refractivity contribution in [3.8, 4) is 5.88 Å². The quantitative estimate of drug-likeness (QED) is 0.711. The van der Waals surface area contributed by atoms with Crippen LogP contribution in [-0.2, 0) is 26.7 Å². The van der Waals surface area contributed by atoms with Gasteiger partial charge in [0.05, 0.1) is 18.2 Å². The van der Waals surface area contributed by atoms with Gasteiger partial charge in [-0.05, 0) is 12.5 Å². The molecule has 7 heteroatoms. The first-order valence-corrected chi connectivity index (χ1v) is 8.52. The van der Waals surface area contributed by atoms with E-state index in [-0.39, 0.29) is 0 Å². The highest BCUT2D eigenvalue weighted by Crippen LogP contribution is 2.21. The average Bonchev–Trinajstić information content (AvgIpc) is 3.21. The van der Waals surface area contributed by atoms with Crippen LogP contribution < -0.4 is 4.74 Å². The maximum absolute atomic E-state index is 5.95. The van der Waals surface area contributed by atoms with Crippen LogP contribution in [0.3, 0.4) is 0 Å². The molecule has 1 atom stereocenters. The van der Waals surface area contributed by atoms with Crippen LogP contribution in [0.25, 0.3) is 0 Å². The average molecular weight is 338 g/mol. The molecule has 0 amide bonds. The Morgan fingerprint density at radius 1 is 1.28 bits per heavy atom. The van der Waals surface area contributed by atoms with E-state index in [1.165, 1.54) is 11.3 Å². The summed E-state index contributed by atoms with van der Waals surface area (Å²) in [5.74, 6) is 0.675. The molecule has 0 radical (unpaired) electrons. The third-order valence-electron chi connectivity index (χ3n) is 4.59. The standard InChI is InChI=1S/C18H22N6O/c1-22-10-15(8-21-22)11-24-12-17-9-19-14-23(17)7-5-16(24)13-25-18-4-2-3-6-20-18/h2-4,6,8-10,14,16H,5,7,11-13H2,1H3. The highest BCUT2D eigenvalue weighted by atomic mass is 16.5. The Labute approximate surface area is 146 Å². The Bertz CT molecular complexity index is 812. The summed E-state index contributed by atoms with van der Waals surface area (Å²) in [4.78, 5) is 11.0. The molecule has 0 saturated carbocycles. The van der Waals surface area contributed by atoms with Crippen LogP contribution in [0.4, 0.5) is 0 Å². The normalized spacial score (nSPS) is 17.9. The third kappa shape index (κ3) is 3.71. The minimum atomic E-state index is 0.308. The molecule has 25 heavy (non-hydrogen) atoms. The molecule has 7 nitrogen and oxygen atoms in total. The van der Waals surface area contributed by atoms with Crippen molar-refractivity contribution >= 4 is 0 Å². The Hall–Kier alpha value is -2.67. The Morgan fingerprint density at radius 2 is 2.24 bits per heavy atom. The fourth-order valence-corrected chi connectivity index (χ4v) is 3.26. The summed E-state index contributed by atoms with van der Waals surface area (Å²) in [6.45, 7) is 3.27. The summed E-state index contributed by atoms with van der Waals surface area (Å²) in [5, 5.41) is 4.29. The maximum atomic E-state index is 5.95. The first kappa shape index (κ1) is 15.8. The maximum Gasteiger partial charge on any atom is 0.213 e. The fourth-order valence-electron chi connectivity index (χ4n) is 3.26. The van der Waals surface area contributed by atoms with Crippen molar-refractivity contribution in [3.63, 3.8) is 0 Å². The van der Waals surface area contributed by atoms with Gasteiger partial charge < -0.3 is 9.30 Å². The van der Waals surface area contributed by atoms with Gasteiger partial charge in [-0.1, -0.05) is 6.07 Å². The van der Waals surface area contributed by atoms with Crippen molar-refractivity contribution < 1.29 is 4.74 Å². The van der Waals surface area contributed by atoms with E-state index in [9.17, 15) is 0 Å². The first-order chi connectivity index (χ1) is 12.3. The molecule has 0 spiro atoms. The van der Waals surface area contributed by atoms with Crippen LogP contribution in [0.15, 0.2) is 49.3 Å². The third-order valence-corrected chi connectivity index (χ3v) is 4.59. The van der Waals surface area contributed by atoms with Crippen LogP contribution in [-0.4, -0.2) is 41.9 Å². The van der Waals surface area contributed by atoms with Gasteiger partial charge in [0.2, 0.25) is 5.88 Å². The molecule has 3 aromatic heterocycles. The monoisotopic (exact) mass is 338 g/mol. The molecule has 1 unspecified atom stereocenters. The minimum Gasteiger partial charge on any atom is -0.476 e. The van der Waals surface area contributed by atoms with Gasteiger partial charge in [0.1, 0.15) is 6.61 Å². The van der Waals surface area contributed by atoms with Crippen molar-refractivity contribution in [2.75, 3.05) is 6.61 Å². The van der Waals surface area contributed by atoms with Crippen molar-refractivity contribution in [2.24, 2.45) is 7.05 Å². The molecule has 0 fully saturated rings. The van der Waals surface area contributed by atoms with Gasteiger partial charge in [0.25, 0.3) is 0 Å². The number of imidazole rings is 1. The number of ether oxygens (including phenoxy) is 1. The molecule has 0 aromatic carbocycles. The second-order valence-corrected chi connectivity index (χ2v) is 6.43. The van der Waals surface area contributed by atoms with Crippen LogP contribution in [0.2, 0.25) is 0 Å². The van der Waals surface area contributed by atoms with Gasteiger partial charge in [0, 0.05) is 62.9 Å². The Kier molecular flexibility index (Phi) is 4.47. The number of nitrogens with zero attached hydrogens (tertiary/aromatic N) is 6. The predicted octanol–water partition coefficient (Wildman–Crippen LogP) is 1.87. The Balaban J connectivity index is 1.50. The van der Waals surface area contributed by atoms with Gasteiger partial charge >= 0.3 is 0 Å². The summed E-state index contributed by atoms with van der Waals surface area (Å²) in [6, 6.07) is 6.05. The lowest BCUT2D eigenvalue weighted by molar-refractivity contribution is 0.116. The van der Waals surface area contributed by atoms with E-state index < -0.39 is 0 Å². The Morgan fingerprint density at radius 3 is 3.04 bits per heavy atom. The zero-order valence-corrected chi connectivity index (χ0v) is 14.3. The van der Waals surface area contributed by atoms with Crippen LogP contribution in [0.5, 0.6) is 5.88 Å². The van der Waals surface area contributed by atoms with E-state index >= 15 is 0 Å². The molecule has 0 bridgehead atoms. The smallest absolute Gasteiger partial charge is 0.213 e. The van der Waals surface area contributed by atoms with Crippen molar-refractivity contribution in [1.29, 1.82) is 0 Å². The SMILES string of the molecule is Cn1cc(CN2Cc3cncn3CCC2COc2ccccn2)cn1. The zero-order valence-electron chi connectivity index (χ0n) is 14.3. The molecule has 3 aromatic rings. The lowest BCUT2D eigenvalue weighted by Gasteiger charge is -2.28. The number of aryl methyl sites for hydroxylation is 2. The number of hydrogen-bond donors (Lipinski definition) is 0. The van der Waals surface area contributed by atoms with Crippen LogP contribution >= 0.6 is 0 Å². The number of hydrogen-bond acceptors (Lipinski definition) is 5. The van der Waals surface area contributed by atoms with Crippen molar-refractivity contribution in [2.45, 2.75) is 32.1 Å². The summed E-state index contributed by atoms with van der Waals surface area (Å²) >= 11 is 0. The number of pyridine rings is 1. The van der Waals surface area contributed by atoms with Crippen LogP contribution in [0, 0.1) is 0 Å². The summed E-state index contributed by atoms with van der Waals surface area (Å²) in [5.41, 5.74) is 2.45. The van der Waals surface area contributed by atoms with Crippen molar-refractivity contribution in [3.05, 3.63) is 60.6 Å². The molecule has 1 aliphatic heterocycles. The fraction of sp³-hybridized carbons (Fsp3) is 0.389. The largest absolute Gasteiger partial charge is 0.476 e. The first-order valence-electron chi connectivity index (χ1n) is 8.52. The highest BCUT2D eigenvalue weighted by molar-refractivity contribution is 5.10.